The maximum absolute atomic E-state index is 10.7. The van der Waals surface area contributed by atoms with Crippen molar-refractivity contribution in [2.45, 2.75) is 19.4 Å². The third-order valence-electron chi connectivity index (χ3n) is 2.50. The van der Waals surface area contributed by atoms with Crippen molar-refractivity contribution in [3.8, 4) is 0 Å². The van der Waals surface area contributed by atoms with Crippen molar-refractivity contribution in [1.82, 2.24) is 0 Å². The molecule has 84 valence electrons. The Labute approximate surface area is 94.1 Å². The normalized spacial score (nSPS) is 18.8. The van der Waals surface area contributed by atoms with Crippen molar-refractivity contribution >= 4 is 17.3 Å². The minimum absolute atomic E-state index is 0.0493. The number of ether oxygens (including phenoxy) is 1. The molecule has 1 aliphatic rings. The molecular weight excluding hydrogens is 204 g/mol. The minimum atomic E-state index is -0.447. The highest BCUT2D eigenvalue weighted by atomic mass is 16.5. The maximum Gasteiger partial charge on any atom is 0.243 e. The SMILES string of the molecule is CC1=Nc2ccccc2[C@@H](OCC(N)=O)C1. The smallest absolute Gasteiger partial charge is 0.243 e. The predicted octanol–water partition coefficient (Wildman–Crippen LogP) is 1.73. The summed E-state index contributed by atoms with van der Waals surface area (Å²) in [6, 6.07) is 7.79. The standard InChI is InChI=1S/C12H14N2O2/c1-8-6-11(16-7-12(13)15)9-4-2-3-5-10(9)14-8/h2-5,11H,6-7H2,1H3,(H2,13,15)/t11-/m0/s1. The van der Waals surface area contributed by atoms with Gasteiger partial charge in [0, 0.05) is 17.7 Å². The van der Waals surface area contributed by atoms with Crippen LogP contribution in [0.4, 0.5) is 5.69 Å². The van der Waals surface area contributed by atoms with Crippen molar-refractivity contribution < 1.29 is 9.53 Å². The molecule has 0 saturated carbocycles. The minimum Gasteiger partial charge on any atom is -0.368 e. The number of benzene rings is 1. The summed E-state index contributed by atoms with van der Waals surface area (Å²) in [5.41, 5.74) is 8.02. The van der Waals surface area contributed by atoms with E-state index in [1.165, 1.54) is 0 Å². The molecule has 4 nitrogen and oxygen atoms in total. The van der Waals surface area contributed by atoms with Crippen LogP contribution in [0.5, 0.6) is 0 Å². The first-order valence-corrected chi connectivity index (χ1v) is 5.20. The molecule has 0 unspecified atom stereocenters. The number of carbonyl (C=O) groups is 1. The quantitative estimate of drug-likeness (QED) is 0.839. The molecule has 0 bridgehead atoms. The zero-order valence-corrected chi connectivity index (χ0v) is 9.14. The first-order valence-electron chi connectivity index (χ1n) is 5.20. The fourth-order valence-electron chi connectivity index (χ4n) is 1.82. The van der Waals surface area contributed by atoms with E-state index in [9.17, 15) is 4.79 Å². The number of aliphatic imine (C=N–C) groups is 1. The summed E-state index contributed by atoms with van der Waals surface area (Å²) in [5.74, 6) is -0.447. The van der Waals surface area contributed by atoms with Gasteiger partial charge in [-0.15, -0.1) is 0 Å². The van der Waals surface area contributed by atoms with E-state index >= 15 is 0 Å². The van der Waals surface area contributed by atoms with Crippen LogP contribution in [0, 0.1) is 0 Å². The van der Waals surface area contributed by atoms with Crippen LogP contribution in [0.3, 0.4) is 0 Å². The lowest BCUT2D eigenvalue weighted by Gasteiger charge is -2.23. The summed E-state index contributed by atoms with van der Waals surface area (Å²) < 4.78 is 5.49. The van der Waals surface area contributed by atoms with Crippen LogP contribution < -0.4 is 5.73 Å². The molecule has 0 saturated heterocycles. The fourth-order valence-corrected chi connectivity index (χ4v) is 1.82. The molecule has 1 aromatic rings. The van der Waals surface area contributed by atoms with Gasteiger partial charge in [0.2, 0.25) is 5.91 Å². The van der Waals surface area contributed by atoms with Gasteiger partial charge in [0.15, 0.2) is 0 Å². The summed E-state index contributed by atoms with van der Waals surface area (Å²) in [5, 5.41) is 0. The molecule has 0 radical (unpaired) electrons. The van der Waals surface area contributed by atoms with Gasteiger partial charge < -0.3 is 10.5 Å². The first-order chi connectivity index (χ1) is 7.66. The van der Waals surface area contributed by atoms with Gasteiger partial charge in [0.05, 0.1) is 11.8 Å². The third kappa shape index (κ3) is 2.28. The monoisotopic (exact) mass is 218 g/mol. The van der Waals surface area contributed by atoms with Gasteiger partial charge in [-0.3, -0.25) is 9.79 Å². The second-order valence-corrected chi connectivity index (χ2v) is 3.88. The van der Waals surface area contributed by atoms with Crippen LogP contribution >= 0.6 is 0 Å². The number of hydrogen-bond donors (Lipinski definition) is 1. The van der Waals surface area contributed by atoms with Gasteiger partial charge in [0.25, 0.3) is 0 Å². The number of carbonyl (C=O) groups excluding carboxylic acids is 1. The number of para-hydroxylation sites is 1. The molecule has 0 fully saturated rings. The van der Waals surface area contributed by atoms with Crippen LogP contribution in [0.15, 0.2) is 29.3 Å². The van der Waals surface area contributed by atoms with E-state index in [4.69, 9.17) is 10.5 Å². The molecule has 1 atom stereocenters. The van der Waals surface area contributed by atoms with E-state index in [-0.39, 0.29) is 12.7 Å². The molecular formula is C12H14N2O2. The van der Waals surface area contributed by atoms with E-state index in [2.05, 4.69) is 4.99 Å². The van der Waals surface area contributed by atoms with Crippen molar-refractivity contribution in [2.75, 3.05) is 6.61 Å². The Morgan fingerprint density at radius 1 is 1.56 bits per heavy atom. The Hall–Kier alpha value is -1.68. The second-order valence-electron chi connectivity index (χ2n) is 3.88. The zero-order valence-electron chi connectivity index (χ0n) is 9.14. The lowest BCUT2D eigenvalue weighted by molar-refractivity contribution is -0.124. The Morgan fingerprint density at radius 2 is 2.31 bits per heavy atom. The first kappa shape index (κ1) is 10.8. The third-order valence-corrected chi connectivity index (χ3v) is 2.50. The summed E-state index contributed by atoms with van der Waals surface area (Å²) in [6.07, 6.45) is 0.603. The van der Waals surface area contributed by atoms with Gasteiger partial charge in [-0.25, -0.2) is 0 Å². The molecule has 16 heavy (non-hydrogen) atoms. The lowest BCUT2D eigenvalue weighted by atomic mass is 9.99. The Balaban J connectivity index is 2.22. The number of amides is 1. The van der Waals surface area contributed by atoms with Gasteiger partial charge in [0.1, 0.15) is 6.61 Å². The van der Waals surface area contributed by atoms with Crippen LogP contribution in [0.25, 0.3) is 0 Å². The molecule has 0 aliphatic carbocycles. The molecule has 1 heterocycles. The van der Waals surface area contributed by atoms with Crippen molar-refractivity contribution in [1.29, 1.82) is 0 Å². The van der Waals surface area contributed by atoms with E-state index in [1.54, 1.807) is 0 Å². The summed E-state index contributed by atoms with van der Waals surface area (Å²) in [7, 11) is 0. The van der Waals surface area contributed by atoms with Gasteiger partial charge in [-0.1, -0.05) is 18.2 Å². The van der Waals surface area contributed by atoms with Gasteiger partial charge >= 0.3 is 0 Å². The van der Waals surface area contributed by atoms with Crippen LogP contribution in [0.1, 0.15) is 25.0 Å². The highest BCUT2D eigenvalue weighted by Gasteiger charge is 2.21. The number of primary amides is 1. The highest BCUT2D eigenvalue weighted by molar-refractivity contribution is 5.87. The predicted molar refractivity (Wildman–Crippen MR) is 61.7 cm³/mol. The Bertz CT molecular complexity index is 440. The van der Waals surface area contributed by atoms with Gasteiger partial charge in [-0.05, 0) is 13.0 Å². The molecule has 0 aromatic heterocycles. The molecule has 1 aliphatic heterocycles. The van der Waals surface area contributed by atoms with E-state index in [1.807, 2.05) is 31.2 Å². The highest BCUT2D eigenvalue weighted by Crippen LogP contribution is 2.34. The number of fused-ring (bicyclic) bond motifs is 1. The average Bonchev–Trinajstić information content (AvgIpc) is 2.25. The van der Waals surface area contributed by atoms with Crippen molar-refractivity contribution in [3.05, 3.63) is 29.8 Å². The summed E-state index contributed by atoms with van der Waals surface area (Å²) >= 11 is 0. The van der Waals surface area contributed by atoms with E-state index in [0.29, 0.717) is 6.42 Å². The molecule has 0 spiro atoms. The molecule has 1 aromatic carbocycles. The number of nitrogens with zero attached hydrogens (tertiary/aromatic N) is 1. The van der Waals surface area contributed by atoms with Crippen molar-refractivity contribution in [3.63, 3.8) is 0 Å². The average molecular weight is 218 g/mol. The zero-order chi connectivity index (χ0) is 11.5. The van der Waals surface area contributed by atoms with Crippen LogP contribution in [-0.2, 0) is 9.53 Å². The summed E-state index contributed by atoms with van der Waals surface area (Å²) in [6.45, 7) is 1.91. The van der Waals surface area contributed by atoms with E-state index < -0.39 is 5.91 Å². The van der Waals surface area contributed by atoms with Crippen LogP contribution in [0.2, 0.25) is 0 Å². The fraction of sp³-hybridized carbons (Fsp3) is 0.333. The number of rotatable bonds is 3. The molecule has 2 rings (SSSR count). The molecule has 4 heteroatoms. The topological polar surface area (TPSA) is 64.7 Å². The maximum atomic E-state index is 10.7. The second kappa shape index (κ2) is 4.45. The Kier molecular flexibility index (Phi) is 3.01. The van der Waals surface area contributed by atoms with Crippen molar-refractivity contribution in [2.24, 2.45) is 10.7 Å². The number of hydrogen-bond acceptors (Lipinski definition) is 3. The van der Waals surface area contributed by atoms with Crippen LogP contribution in [-0.4, -0.2) is 18.2 Å². The van der Waals surface area contributed by atoms with Gasteiger partial charge in [-0.2, -0.15) is 0 Å². The lowest BCUT2D eigenvalue weighted by Crippen LogP contribution is -2.22. The largest absolute Gasteiger partial charge is 0.368 e. The van der Waals surface area contributed by atoms with E-state index in [0.717, 1.165) is 17.0 Å². The Morgan fingerprint density at radius 3 is 3.06 bits per heavy atom. The molecule has 2 N–H and O–H groups in total. The summed E-state index contributed by atoms with van der Waals surface area (Å²) in [4.78, 5) is 15.1. The number of nitrogens with two attached hydrogens (primary N) is 1. The molecule has 1 amide bonds.